The van der Waals surface area contributed by atoms with E-state index in [0.29, 0.717) is 12.2 Å². The number of aromatic nitrogens is 2. The summed E-state index contributed by atoms with van der Waals surface area (Å²) in [4.78, 5) is 32.6. The molecule has 0 radical (unpaired) electrons. The predicted octanol–water partition coefficient (Wildman–Crippen LogP) is 3.22. The molecule has 2 aromatic carbocycles. The quantitative estimate of drug-likeness (QED) is 0.457. The van der Waals surface area contributed by atoms with Gasteiger partial charge in [-0.2, -0.15) is 0 Å². The number of benzene rings is 2. The molecule has 2 aliphatic rings. The first-order valence-electron chi connectivity index (χ1n) is 12.7. The Labute approximate surface area is 222 Å². The van der Waals surface area contributed by atoms with Crippen molar-refractivity contribution < 1.29 is 24.5 Å². The van der Waals surface area contributed by atoms with Crippen LogP contribution in [0.1, 0.15) is 28.4 Å². The number of ether oxygens (including phenoxy) is 1. The lowest BCUT2D eigenvalue weighted by molar-refractivity contribution is -0.134. The lowest BCUT2D eigenvalue weighted by Crippen LogP contribution is -2.47. The molecule has 0 saturated carbocycles. The van der Waals surface area contributed by atoms with E-state index in [2.05, 4.69) is 68.3 Å². The maximum atomic E-state index is 9.55. The van der Waals surface area contributed by atoms with Crippen molar-refractivity contribution in [1.82, 2.24) is 14.9 Å². The number of carbonyl (C=O) groups is 2. The summed E-state index contributed by atoms with van der Waals surface area (Å²) < 4.78 is 6.55. The Morgan fingerprint density at radius 1 is 0.816 bits per heavy atom. The molecule has 2 heterocycles. The predicted molar refractivity (Wildman–Crippen MR) is 143 cm³/mol. The third kappa shape index (κ3) is 7.47. The van der Waals surface area contributed by atoms with Gasteiger partial charge in [0.15, 0.2) is 0 Å². The molecule has 198 valence electrons. The molecular formula is C29H32N4O5. The van der Waals surface area contributed by atoms with Gasteiger partial charge in [-0.3, -0.25) is 4.90 Å². The molecule has 0 amide bonds. The number of aryl methyl sites for hydroxylation is 2. The van der Waals surface area contributed by atoms with Gasteiger partial charge < -0.3 is 19.8 Å². The normalized spacial score (nSPS) is 15.6. The highest BCUT2D eigenvalue weighted by atomic mass is 16.5. The van der Waals surface area contributed by atoms with E-state index in [1.807, 2.05) is 18.5 Å². The van der Waals surface area contributed by atoms with Gasteiger partial charge in [0.25, 0.3) is 0 Å². The first-order chi connectivity index (χ1) is 18.5. The third-order valence-electron chi connectivity index (χ3n) is 6.61. The number of carboxylic acids is 2. The van der Waals surface area contributed by atoms with Crippen molar-refractivity contribution >= 4 is 17.9 Å². The van der Waals surface area contributed by atoms with Crippen molar-refractivity contribution in [3.8, 4) is 0 Å². The van der Waals surface area contributed by atoms with Crippen LogP contribution in [-0.2, 0) is 27.2 Å². The molecule has 3 aromatic rings. The second-order valence-electron chi connectivity index (χ2n) is 9.04. The zero-order valence-electron chi connectivity index (χ0n) is 21.1. The highest BCUT2D eigenvalue weighted by Gasteiger charge is 2.24. The Hall–Kier alpha value is -4.08. The van der Waals surface area contributed by atoms with Crippen molar-refractivity contribution in [2.24, 2.45) is 0 Å². The molecule has 1 aliphatic heterocycles. The number of hydrogen-bond donors (Lipinski definition) is 2. The highest BCUT2D eigenvalue weighted by Crippen LogP contribution is 2.35. The molecule has 1 aliphatic carbocycles. The van der Waals surface area contributed by atoms with E-state index in [4.69, 9.17) is 14.9 Å². The van der Waals surface area contributed by atoms with Gasteiger partial charge in [0.05, 0.1) is 6.61 Å². The number of fused-ring (bicyclic) bond motifs is 2. The Balaban J connectivity index is 0.000000368. The van der Waals surface area contributed by atoms with Gasteiger partial charge in [-0.15, -0.1) is 0 Å². The standard InChI is InChI=1S/C25H28N4O.C4H4O4/c1-3-8-22-20(6-1)10-11-21-7-2-4-9-23(21)24(22)30-19-18-28-14-16-29(17-15-28)25-26-12-5-13-27-25;5-3(6)1-2-4(7)8/h1-9,12-13,24H,10-11,14-19H2;1-2H,(H,5,6)(H,7,8)/b;2-1+. The van der Waals surface area contributed by atoms with E-state index >= 15 is 0 Å². The molecule has 5 rings (SSSR count). The Bertz CT molecular complexity index is 1180. The summed E-state index contributed by atoms with van der Waals surface area (Å²) in [5.41, 5.74) is 5.48. The number of anilines is 1. The molecule has 9 nitrogen and oxygen atoms in total. The van der Waals surface area contributed by atoms with Gasteiger partial charge in [0, 0.05) is 57.3 Å². The minimum atomic E-state index is -1.26. The fourth-order valence-electron chi connectivity index (χ4n) is 4.72. The number of piperazine rings is 1. The third-order valence-corrected chi connectivity index (χ3v) is 6.61. The maximum absolute atomic E-state index is 9.55. The molecule has 0 unspecified atom stereocenters. The van der Waals surface area contributed by atoms with Crippen LogP contribution in [-0.4, -0.2) is 76.4 Å². The minimum Gasteiger partial charge on any atom is -0.478 e. The molecule has 0 spiro atoms. The molecule has 0 atom stereocenters. The largest absolute Gasteiger partial charge is 0.478 e. The van der Waals surface area contributed by atoms with Crippen LogP contribution in [0.5, 0.6) is 0 Å². The summed E-state index contributed by atoms with van der Waals surface area (Å²) in [6, 6.07) is 19.4. The fraction of sp³-hybridized carbons (Fsp3) is 0.310. The van der Waals surface area contributed by atoms with Gasteiger partial charge in [-0.05, 0) is 41.2 Å². The van der Waals surface area contributed by atoms with Gasteiger partial charge >= 0.3 is 11.9 Å². The number of hydrogen-bond acceptors (Lipinski definition) is 7. The number of nitrogens with zero attached hydrogens (tertiary/aromatic N) is 4. The molecule has 1 aromatic heterocycles. The SMILES string of the molecule is O=C(O)/C=C/C(=O)O.c1cnc(N2CCN(CCOC3c4ccccc4CCc4ccccc43)CC2)nc1. The van der Waals surface area contributed by atoms with Crippen molar-refractivity contribution in [2.45, 2.75) is 18.9 Å². The summed E-state index contributed by atoms with van der Waals surface area (Å²) in [5, 5.41) is 15.6. The molecule has 38 heavy (non-hydrogen) atoms. The summed E-state index contributed by atoms with van der Waals surface area (Å²) >= 11 is 0. The maximum Gasteiger partial charge on any atom is 0.328 e. The summed E-state index contributed by atoms with van der Waals surface area (Å²) in [5.74, 6) is -1.68. The Kier molecular flexibility index (Phi) is 9.55. The summed E-state index contributed by atoms with van der Waals surface area (Å²) in [7, 11) is 0. The van der Waals surface area contributed by atoms with Crippen LogP contribution in [0, 0.1) is 0 Å². The summed E-state index contributed by atoms with van der Waals surface area (Å²) in [6.07, 6.45) is 6.92. The monoisotopic (exact) mass is 516 g/mol. The average molecular weight is 517 g/mol. The zero-order valence-corrected chi connectivity index (χ0v) is 21.1. The van der Waals surface area contributed by atoms with Crippen molar-refractivity contribution in [2.75, 3.05) is 44.2 Å². The smallest absolute Gasteiger partial charge is 0.328 e. The van der Waals surface area contributed by atoms with Crippen molar-refractivity contribution in [1.29, 1.82) is 0 Å². The first-order valence-corrected chi connectivity index (χ1v) is 12.7. The van der Waals surface area contributed by atoms with Crippen LogP contribution in [0.4, 0.5) is 5.95 Å². The van der Waals surface area contributed by atoms with E-state index in [1.165, 1.54) is 22.3 Å². The molecule has 0 bridgehead atoms. The van der Waals surface area contributed by atoms with Crippen LogP contribution in [0.2, 0.25) is 0 Å². The van der Waals surface area contributed by atoms with Gasteiger partial charge in [-0.25, -0.2) is 19.6 Å². The van der Waals surface area contributed by atoms with Gasteiger partial charge in [0.2, 0.25) is 5.95 Å². The Morgan fingerprint density at radius 2 is 1.34 bits per heavy atom. The molecule has 2 N–H and O–H groups in total. The van der Waals surface area contributed by atoms with Crippen LogP contribution in [0.25, 0.3) is 0 Å². The van der Waals surface area contributed by atoms with E-state index in [9.17, 15) is 9.59 Å². The van der Waals surface area contributed by atoms with Crippen molar-refractivity contribution in [3.63, 3.8) is 0 Å². The van der Waals surface area contributed by atoms with E-state index in [-0.39, 0.29) is 6.10 Å². The minimum absolute atomic E-state index is 0.0268. The molecule has 9 heteroatoms. The topological polar surface area (TPSA) is 116 Å². The number of rotatable bonds is 7. The first kappa shape index (κ1) is 27.0. The van der Waals surface area contributed by atoms with Crippen LogP contribution < -0.4 is 4.90 Å². The zero-order chi connectivity index (χ0) is 26.7. The Morgan fingerprint density at radius 3 is 1.87 bits per heavy atom. The van der Waals surface area contributed by atoms with Gasteiger partial charge in [-0.1, -0.05) is 48.5 Å². The van der Waals surface area contributed by atoms with E-state index < -0.39 is 11.9 Å². The molecular weight excluding hydrogens is 484 g/mol. The highest BCUT2D eigenvalue weighted by molar-refractivity contribution is 5.89. The second-order valence-corrected chi connectivity index (χ2v) is 9.04. The van der Waals surface area contributed by atoms with E-state index in [0.717, 1.165) is 58.1 Å². The fourth-order valence-corrected chi connectivity index (χ4v) is 4.72. The second kappa shape index (κ2) is 13.5. The summed E-state index contributed by atoms with van der Waals surface area (Å²) in [6.45, 7) is 5.62. The number of aliphatic carboxylic acids is 2. The van der Waals surface area contributed by atoms with E-state index in [1.54, 1.807) is 0 Å². The van der Waals surface area contributed by atoms with Crippen LogP contribution in [0.15, 0.2) is 79.1 Å². The molecule has 1 fully saturated rings. The van der Waals surface area contributed by atoms with Gasteiger partial charge in [0.1, 0.15) is 6.10 Å². The number of carboxylic acid groups (broad SMARTS) is 2. The lowest BCUT2D eigenvalue weighted by atomic mass is 9.97. The molecule has 1 saturated heterocycles. The van der Waals surface area contributed by atoms with Crippen LogP contribution in [0.3, 0.4) is 0 Å². The average Bonchev–Trinajstić information content (AvgIpc) is 3.10. The van der Waals surface area contributed by atoms with Crippen molar-refractivity contribution in [3.05, 3.63) is 101 Å². The van der Waals surface area contributed by atoms with Crippen LogP contribution >= 0.6 is 0 Å². The lowest BCUT2D eigenvalue weighted by Gasteiger charge is -2.34.